The SMILES string of the molecule is C=CC(=N/C(C)=C\C)c1nnc2n1CCN(C(=O)c1ccc(-c3cccs3)cc1)[C@@H]2C. The maximum atomic E-state index is 13.2. The van der Waals surface area contributed by atoms with Crippen LogP contribution in [0, 0.1) is 0 Å². The van der Waals surface area contributed by atoms with Gasteiger partial charge in [0, 0.05) is 29.2 Å². The molecule has 6 nitrogen and oxygen atoms in total. The Kier molecular flexibility index (Phi) is 5.95. The van der Waals surface area contributed by atoms with Gasteiger partial charge in [-0.3, -0.25) is 9.79 Å². The molecule has 1 aliphatic rings. The van der Waals surface area contributed by atoms with Crippen LogP contribution in [0.25, 0.3) is 10.4 Å². The van der Waals surface area contributed by atoms with E-state index in [0.29, 0.717) is 30.2 Å². The fourth-order valence-electron chi connectivity index (χ4n) is 3.68. The number of hydrogen-bond acceptors (Lipinski definition) is 5. The number of benzene rings is 1. The van der Waals surface area contributed by atoms with E-state index in [4.69, 9.17) is 0 Å². The highest BCUT2D eigenvalue weighted by atomic mass is 32.1. The van der Waals surface area contributed by atoms with E-state index >= 15 is 0 Å². The number of hydrogen-bond donors (Lipinski definition) is 0. The zero-order valence-electron chi connectivity index (χ0n) is 17.9. The van der Waals surface area contributed by atoms with Gasteiger partial charge in [0.05, 0.1) is 6.04 Å². The van der Waals surface area contributed by atoms with Crippen LogP contribution in [0.4, 0.5) is 0 Å². The van der Waals surface area contributed by atoms with E-state index in [-0.39, 0.29) is 11.9 Å². The van der Waals surface area contributed by atoms with E-state index in [2.05, 4.69) is 33.2 Å². The standard InChI is InChI=1S/C24H25N5OS/c1-5-16(3)25-20(6-2)23-27-26-22-17(4)28(13-14-29(22)23)24(30)19-11-9-18(10-12-19)21-8-7-15-31-21/h5-12,15,17H,2,13-14H2,1,3-4H3/b16-5-,25-20?/t17-/m1/s1. The molecular formula is C24H25N5OS. The molecule has 0 bridgehead atoms. The lowest BCUT2D eigenvalue weighted by Crippen LogP contribution is -2.41. The Bertz CT molecular complexity index is 1160. The van der Waals surface area contributed by atoms with E-state index in [1.54, 1.807) is 17.4 Å². The number of nitrogens with zero attached hydrogens (tertiary/aromatic N) is 5. The molecule has 0 N–H and O–H groups in total. The Morgan fingerprint density at radius 3 is 2.65 bits per heavy atom. The molecule has 0 spiro atoms. The molecular weight excluding hydrogens is 406 g/mol. The van der Waals surface area contributed by atoms with Crippen LogP contribution >= 0.6 is 11.3 Å². The van der Waals surface area contributed by atoms with Gasteiger partial charge >= 0.3 is 0 Å². The number of aliphatic imine (C=N–C) groups is 1. The van der Waals surface area contributed by atoms with Gasteiger partial charge in [-0.2, -0.15) is 0 Å². The monoisotopic (exact) mass is 431 g/mol. The Morgan fingerprint density at radius 2 is 2.00 bits per heavy atom. The predicted molar refractivity (Wildman–Crippen MR) is 125 cm³/mol. The zero-order valence-corrected chi connectivity index (χ0v) is 18.8. The summed E-state index contributed by atoms with van der Waals surface area (Å²) in [4.78, 5) is 20.8. The summed E-state index contributed by atoms with van der Waals surface area (Å²) < 4.78 is 2.04. The van der Waals surface area contributed by atoms with Crippen molar-refractivity contribution in [3.8, 4) is 10.4 Å². The number of fused-ring (bicyclic) bond motifs is 1. The number of thiophene rings is 1. The second-order valence-electron chi connectivity index (χ2n) is 7.39. The Hall–Kier alpha value is -3.32. The highest BCUT2D eigenvalue weighted by molar-refractivity contribution is 7.13. The first kappa shape index (κ1) is 20.9. The van der Waals surface area contributed by atoms with Gasteiger partial charge in [0.1, 0.15) is 5.71 Å². The predicted octanol–water partition coefficient (Wildman–Crippen LogP) is 5.12. The van der Waals surface area contributed by atoms with Crippen molar-refractivity contribution in [2.75, 3.05) is 6.54 Å². The minimum atomic E-state index is -0.187. The number of rotatable bonds is 5. The van der Waals surface area contributed by atoms with E-state index < -0.39 is 0 Å². The summed E-state index contributed by atoms with van der Waals surface area (Å²) >= 11 is 1.69. The third-order valence-electron chi connectivity index (χ3n) is 5.52. The summed E-state index contributed by atoms with van der Waals surface area (Å²) in [7, 11) is 0. The lowest BCUT2D eigenvalue weighted by Gasteiger charge is -2.33. The minimum absolute atomic E-state index is 0.00315. The molecule has 31 heavy (non-hydrogen) atoms. The van der Waals surface area contributed by atoms with Gasteiger partial charge in [-0.25, -0.2) is 0 Å². The van der Waals surface area contributed by atoms with Gasteiger partial charge < -0.3 is 9.47 Å². The van der Waals surface area contributed by atoms with Crippen LogP contribution < -0.4 is 0 Å². The number of carbonyl (C=O) groups is 1. The third-order valence-corrected chi connectivity index (χ3v) is 6.44. The van der Waals surface area contributed by atoms with Crippen LogP contribution in [-0.4, -0.2) is 37.8 Å². The maximum absolute atomic E-state index is 13.2. The van der Waals surface area contributed by atoms with Crippen LogP contribution in [0.3, 0.4) is 0 Å². The Morgan fingerprint density at radius 1 is 1.23 bits per heavy atom. The first-order valence-corrected chi connectivity index (χ1v) is 11.1. The van der Waals surface area contributed by atoms with E-state index in [1.807, 2.05) is 66.6 Å². The number of carbonyl (C=O) groups excluding carboxylic acids is 1. The first-order valence-electron chi connectivity index (χ1n) is 10.3. The van der Waals surface area contributed by atoms with Crippen molar-refractivity contribution in [2.24, 2.45) is 4.99 Å². The lowest BCUT2D eigenvalue weighted by molar-refractivity contribution is 0.0637. The molecule has 0 radical (unpaired) electrons. The quantitative estimate of drug-likeness (QED) is 0.527. The van der Waals surface area contributed by atoms with Gasteiger partial charge in [0.15, 0.2) is 11.6 Å². The molecule has 0 saturated heterocycles. The summed E-state index contributed by atoms with van der Waals surface area (Å²) in [5.41, 5.74) is 3.37. The average molecular weight is 432 g/mol. The van der Waals surface area contributed by atoms with Gasteiger partial charge in [-0.1, -0.05) is 30.9 Å². The van der Waals surface area contributed by atoms with E-state index in [0.717, 1.165) is 17.1 Å². The smallest absolute Gasteiger partial charge is 0.254 e. The van der Waals surface area contributed by atoms with Gasteiger partial charge in [-0.15, -0.1) is 21.5 Å². The molecule has 158 valence electrons. The summed E-state index contributed by atoms with van der Waals surface area (Å²) in [6, 6.07) is 11.7. The number of aromatic nitrogens is 3. The van der Waals surface area contributed by atoms with Crippen LogP contribution in [-0.2, 0) is 6.54 Å². The van der Waals surface area contributed by atoms with E-state index in [9.17, 15) is 4.79 Å². The first-order chi connectivity index (χ1) is 15.0. The molecule has 0 aliphatic carbocycles. The summed E-state index contributed by atoms with van der Waals surface area (Å²) in [6.45, 7) is 10.9. The topological polar surface area (TPSA) is 63.4 Å². The molecule has 0 saturated carbocycles. The molecule has 1 atom stereocenters. The zero-order chi connectivity index (χ0) is 22.0. The van der Waals surface area contributed by atoms with Crippen LogP contribution in [0.5, 0.6) is 0 Å². The highest BCUT2D eigenvalue weighted by Gasteiger charge is 2.32. The van der Waals surface area contributed by atoms with Crippen molar-refractivity contribution < 1.29 is 4.79 Å². The van der Waals surface area contributed by atoms with E-state index in [1.165, 1.54) is 4.88 Å². The number of amides is 1. The van der Waals surface area contributed by atoms with Crippen LogP contribution in [0.1, 0.15) is 48.8 Å². The summed E-state index contributed by atoms with van der Waals surface area (Å²) in [5, 5.41) is 10.8. The molecule has 1 aliphatic heterocycles. The second-order valence-corrected chi connectivity index (χ2v) is 8.34. The fraction of sp³-hybridized carbons (Fsp3) is 0.250. The minimum Gasteiger partial charge on any atom is -0.327 e. The van der Waals surface area contributed by atoms with Crippen LogP contribution in [0.2, 0.25) is 0 Å². The second kappa shape index (κ2) is 8.81. The molecule has 0 fully saturated rings. The van der Waals surface area contributed by atoms with Crippen molar-refractivity contribution in [3.05, 3.63) is 83.4 Å². The van der Waals surface area contributed by atoms with Crippen molar-refractivity contribution in [1.29, 1.82) is 0 Å². The van der Waals surface area contributed by atoms with Crippen molar-refractivity contribution in [1.82, 2.24) is 19.7 Å². The van der Waals surface area contributed by atoms with Crippen molar-refractivity contribution in [2.45, 2.75) is 33.4 Å². The Balaban J connectivity index is 1.58. The lowest BCUT2D eigenvalue weighted by atomic mass is 10.1. The molecule has 0 unspecified atom stereocenters. The van der Waals surface area contributed by atoms with Gasteiger partial charge in [0.25, 0.3) is 5.91 Å². The molecule has 2 aromatic heterocycles. The number of allylic oxidation sites excluding steroid dienone is 3. The molecule has 3 aromatic rings. The third kappa shape index (κ3) is 4.01. The molecule has 3 heterocycles. The van der Waals surface area contributed by atoms with Crippen molar-refractivity contribution >= 4 is 23.0 Å². The largest absolute Gasteiger partial charge is 0.327 e. The maximum Gasteiger partial charge on any atom is 0.254 e. The molecule has 7 heteroatoms. The molecule has 4 rings (SSSR count). The van der Waals surface area contributed by atoms with Crippen LogP contribution in [0.15, 0.2) is 71.2 Å². The van der Waals surface area contributed by atoms with Gasteiger partial charge in [0.2, 0.25) is 0 Å². The summed E-state index contributed by atoms with van der Waals surface area (Å²) in [5.74, 6) is 1.45. The Labute approximate surface area is 186 Å². The highest BCUT2D eigenvalue weighted by Crippen LogP contribution is 2.28. The fourth-order valence-corrected chi connectivity index (χ4v) is 4.41. The van der Waals surface area contributed by atoms with Crippen molar-refractivity contribution in [3.63, 3.8) is 0 Å². The normalized spacial score (nSPS) is 16.9. The summed E-state index contributed by atoms with van der Waals surface area (Å²) in [6.07, 6.45) is 3.63. The molecule has 1 aromatic carbocycles. The van der Waals surface area contributed by atoms with Gasteiger partial charge in [-0.05, 0) is 56.0 Å². The molecule has 1 amide bonds. The average Bonchev–Trinajstić information content (AvgIpc) is 3.48.